The standard InChI is InChI=1S/C17H17ClN2O/c18-14-3-1-12(2-4-14)15-5-6-16-13-7-11(8-19-9-13)10-20(16)17(15)21/h1-6,11,13,19H,7-10H2/t11-,13-/m1/s1. The Balaban J connectivity index is 1.83. The third kappa shape index (κ3) is 2.21. The molecular formula is C17H17ClN2O. The van der Waals surface area contributed by atoms with Gasteiger partial charge in [-0.1, -0.05) is 23.7 Å². The summed E-state index contributed by atoms with van der Waals surface area (Å²) in [5.41, 5.74) is 3.02. The second-order valence-electron chi connectivity index (χ2n) is 6.05. The minimum absolute atomic E-state index is 0.131. The van der Waals surface area contributed by atoms with E-state index in [0.717, 1.165) is 30.8 Å². The van der Waals surface area contributed by atoms with Crippen LogP contribution >= 0.6 is 11.6 Å². The van der Waals surface area contributed by atoms with Gasteiger partial charge in [0, 0.05) is 35.3 Å². The van der Waals surface area contributed by atoms with Crippen LogP contribution in [0.4, 0.5) is 0 Å². The highest BCUT2D eigenvalue weighted by molar-refractivity contribution is 6.30. The van der Waals surface area contributed by atoms with Crippen LogP contribution in [0.1, 0.15) is 18.0 Å². The molecule has 4 heteroatoms. The molecule has 2 aliphatic rings. The molecule has 3 heterocycles. The highest BCUT2D eigenvalue weighted by Gasteiger charge is 2.31. The maximum absolute atomic E-state index is 12.8. The van der Waals surface area contributed by atoms with Gasteiger partial charge in [-0.3, -0.25) is 4.79 Å². The van der Waals surface area contributed by atoms with Crippen LogP contribution in [0, 0.1) is 5.92 Å². The topological polar surface area (TPSA) is 34.0 Å². The second-order valence-corrected chi connectivity index (χ2v) is 6.49. The Kier molecular flexibility index (Phi) is 3.12. The summed E-state index contributed by atoms with van der Waals surface area (Å²) >= 11 is 5.93. The molecular weight excluding hydrogens is 284 g/mol. The third-order valence-corrected chi connectivity index (χ3v) is 4.92. The summed E-state index contributed by atoms with van der Waals surface area (Å²) in [5.74, 6) is 1.05. The molecule has 4 rings (SSSR count). The maximum atomic E-state index is 12.8. The molecule has 1 aromatic heterocycles. The van der Waals surface area contributed by atoms with Crippen molar-refractivity contribution in [2.45, 2.75) is 18.9 Å². The maximum Gasteiger partial charge on any atom is 0.258 e. The molecule has 0 spiro atoms. The van der Waals surface area contributed by atoms with Crippen LogP contribution < -0.4 is 10.9 Å². The van der Waals surface area contributed by atoms with Gasteiger partial charge in [0.2, 0.25) is 0 Å². The lowest BCUT2D eigenvalue weighted by atomic mass is 9.84. The smallest absolute Gasteiger partial charge is 0.258 e. The molecule has 0 radical (unpaired) electrons. The summed E-state index contributed by atoms with van der Waals surface area (Å²) in [4.78, 5) is 12.8. The predicted octanol–water partition coefficient (Wildman–Crippen LogP) is 2.88. The summed E-state index contributed by atoms with van der Waals surface area (Å²) in [6.07, 6.45) is 1.20. The SMILES string of the molecule is O=c1c(-c2ccc(Cl)cc2)ccc2n1C[C@H]1CNC[C@H]2C1. The molecule has 0 aliphatic carbocycles. The molecule has 2 bridgehead atoms. The Hall–Kier alpha value is -1.58. The van der Waals surface area contributed by atoms with Gasteiger partial charge in [-0.25, -0.2) is 0 Å². The highest BCUT2D eigenvalue weighted by Crippen LogP contribution is 2.32. The Morgan fingerprint density at radius 2 is 1.90 bits per heavy atom. The number of rotatable bonds is 1. The summed E-state index contributed by atoms with van der Waals surface area (Å²) < 4.78 is 1.99. The first-order chi connectivity index (χ1) is 10.2. The fourth-order valence-electron chi connectivity index (χ4n) is 3.64. The average Bonchev–Trinajstić information content (AvgIpc) is 2.50. The molecule has 3 nitrogen and oxygen atoms in total. The lowest BCUT2D eigenvalue weighted by molar-refractivity contribution is 0.257. The summed E-state index contributed by atoms with van der Waals surface area (Å²) in [7, 11) is 0. The van der Waals surface area contributed by atoms with Crippen molar-refractivity contribution < 1.29 is 0 Å². The molecule has 108 valence electrons. The zero-order valence-corrected chi connectivity index (χ0v) is 12.4. The van der Waals surface area contributed by atoms with Gasteiger partial charge in [0.1, 0.15) is 0 Å². The van der Waals surface area contributed by atoms with Crippen LogP contribution in [-0.4, -0.2) is 17.7 Å². The van der Waals surface area contributed by atoms with Gasteiger partial charge in [0.25, 0.3) is 5.56 Å². The van der Waals surface area contributed by atoms with Crippen molar-refractivity contribution in [1.82, 2.24) is 9.88 Å². The summed E-state index contributed by atoms with van der Waals surface area (Å²) in [5, 5.41) is 4.16. The van der Waals surface area contributed by atoms with Crippen LogP contribution in [0.25, 0.3) is 11.1 Å². The number of nitrogens with one attached hydrogen (secondary N) is 1. The minimum atomic E-state index is 0.131. The molecule has 1 fully saturated rings. The van der Waals surface area contributed by atoms with Crippen molar-refractivity contribution in [2.75, 3.05) is 13.1 Å². The zero-order chi connectivity index (χ0) is 14.4. The van der Waals surface area contributed by atoms with E-state index in [1.807, 2.05) is 34.9 Å². The summed E-state index contributed by atoms with van der Waals surface area (Å²) in [6.45, 7) is 2.84. The monoisotopic (exact) mass is 300 g/mol. The predicted molar refractivity (Wildman–Crippen MR) is 84.9 cm³/mol. The second kappa shape index (κ2) is 5.00. The zero-order valence-electron chi connectivity index (χ0n) is 11.7. The largest absolute Gasteiger partial charge is 0.316 e. The number of benzene rings is 1. The molecule has 21 heavy (non-hydrogen) atoms. The van der Waals surface area contributed by atoms with Gasteiger partial charge in [0.15, 0.2) is 0 Å². The Morgan fingerprint density at radius 3 is 2.71 bits per heavy atom. The van der Waals surface area contributed by atoms with Crippen LogP contribution in [0.15, 0.2) is 41.2 Å². The number of hydrogen-bond donors (Lipinski definition) is 1. The van der Waals surface area contributed by atoms with Gasteiger partial charge < -0.3 is 9.88 Å². The van der Waals surface area contributed by atoms with Gasteiger partial charge in [-0.2, -0.15) is 0 Å². The number of pyridine rings is 1. The van der Waals surface area contributed by atoms with E-state index in [0.29, 0.717) is 16.9 Å². The molecule has 2 aromatic rings. The number of aromatic nitrogens is 1. The fraction of sp³-hybridized carbons (Fsp3) is 0.353. The molecule has 1 saturated heterocycles. The van der Waals surface area contributed by atoms with E-state index in [4.69, 9.17) is 11.6 Å². The van der Waals surface area contributed by atoms with Crippen molar-refractivity contribution in [3.8, 4) is 11.1 Å². The lowest BCUT2D eigenvalue weighted by Gasteiger charge is -2.37. The van der Waals surface area contributed by atoms with Gasteiger partial charge in [-0.05, 0) is 48.7 Å². The average molecular weight is 301 g/mol. The number of hydrogen-bond acceptors (Lipinski definition) is 2. The van der Waals surface area contributed by atoms with E-state index >= 15 is 0 Å². The van der Waals surface area contributed by atoms with Crippen molar-refractivity contribution in [1.29, 1.82) is 0 Å². The molecule has 2 atom stereocenters. The third-order valence-electron chi connectivity index (χ3n) is 4.66. The molecule has 0 amide bonds. The first kappa shape index (κ1) is 13.1. The molecule has 0 unspecified atom stereocenters. The highest BCUT2D eigenvalue weighted by atomic mass is 35.5. The van der Waals surface area contributed by atoms with E-state index in [1.54, 1.807) is 0 Å². The Labute approximate surface area is 128 Å². The molecule has 1 N–H and O–H groups in total. The van der Waals surface area contributed by atoms with E-state index in [1.165, 1.54) is 12.1 Å². The number of fused-ring (bicyclic) bond motifs is 4. The Morgan fingerprint density at radius 1 is 1.10 bits per heavy atom. The lowest BCUT2D eigenvalue weighted by Crippen LogP contribution is -2.45. The molecule has 1 aromatic carbocycles. The van der Waals surface area contributed by atoms with Crippen molar-refractivity contribution in [2.24, 2.45) is 5.92 Å². The fourth-order valence-corrected chi connectivity index (χ4v) is 3.77. The Bertz CT molecular complexity index is 735. The number of nitrogens with zero attached hydrogens (tertiary/aromatic N) is 1. The normalized spacial score (nSPS) is 23.7. The van der Waals surface area contributed by atoms with Crippen LogP contribution in [0.2, 0.25) is 5.02 Å². The van der Waals surface area contributed by atoms with Crippen LogP contribution in [0.5, 0.6) is 0 Å². The van der Waals surface area contributed by atoms with E-state index < -0.39 is 0 Å². The van der Waals surface area contributed by atoms with E-state index in [9.17, 15) is 4.79 Å². The first-order valence-electron chi connectivity index (χ1n) is 7.43. The first-order valence-corrected chi connectivity index (χ1v) is 7.80. The molecule has 2 aliphatic heterocycles. The van der Waals surface area contributed by atoms with Gasteiger partial charge in [-0.15, -0.1) is 0 Å². The van der Waals surface area contributed by atoms with Crippen LogP contribution in [0.3, 0.4) is 0 Å². The van der Waals surface area contributed by atoms with Crippen molar-refractivity contribution in [3.05, 3.63) is 57.5 Å². The van der Waals surface area contributed by atoms with Gasteiger partial charge in [0.05, 0.1) is 0 Å². The quantitative estimate of drug-likeness (QED) is 0.879. The molecule has 0 saturated carbocycles. The number of halogens is 1. The van der Waals surface area contributed by atoms with E-state index in [-0.39, 0.29) is 5.56 Å². The number of piperidine rings is 1. The van der Waals surface area contributed by atoms with Gasteiger partial charge >= 0.3 is 0 Å². The summed E-state index contributed by atoms with van der Waals surface area (Å²) in [6, 6.07) is 11.6. The van der Waals surface area contributed by atoms with Crippen molar-refractivity contribution in [3.63, 3.8) is 0 Å². The van der Waals surface area contributed by atoms with E-state index in [2.05, 4.69) is 11.4 Å². The van der Waals surface area contributed by atoms with Crippen LogP contribution in [-0.2, 0) is 6.54 Å². The van der Waals surface area contributed by atoms with Crippen molar-refractivity contribution >= 4 is 11.6 Å². The minimum Gasteiger partial charge on any atom is -0.316 e.